The number of rotatable bonds is 2. The molecule has 0 bridgehead atoms. The van der Waals surface area contributed by atoms with Crippen molar-refractivity contribution < 1.29 is 9.18 Å². The van der Waals surface area contributed by atoms with Gasteiger partial charge in [0.1, 0.15) is 5.82 Å². The minimum Gasteiger partial charge on any atom is -0.334 e. The number of aryl methyl sites for hydroxylation is 1. The normalized spacial score (nSPS) is 21.3. The van der Waals surface area contributed by atoms with Gasteiger partial charge in [-0.1, -0.05) is 11.6 Å². The fraction of sp³-hybridized carbons (Fsp3) is 0.533. The van der Waals surface area contributed by atoms with E-state index in [0.717, 1.165) is 24.8 Å². The van der Waals surface area contributed by atoms with Crippen LogP contribution >= 0.6 is 0 Å². The van der Waals surface area contributed by atoms with Gasteiger partial charge in [0.15, 0.2) is 0 Å². The Morgan fingerprint density at radius 3 is 2.89 bits per heavy atom. The van der Waals surface area contributed by atoms with E-state index < -0.39 is 5.82 Å². The van der Waals surface area contributed by atoms with E-state index in [0.29, 0.717) is 6.54 Å². The first-order valence-electron chi connectivity index (χ1n) is 6.83. The van der Waals surface area contributed by atoms with E-state index in [1.165, 1.54) is 6.07 Å². The molecule has 4 heteroatoms. The molecule has 1 aromatic rings. The van der Waals surface area contributed by atoms with E-state index in [1.807, 2.05) is 13.8 Å². The van der Waals surface area contributed by atoms with Crippen molar-refractivity contribution in [3.63, 3.8) is 0 Å². The molecule has 0 radical (unpaired) electrons. The minimum absolute atomic E-state index is 0.0150. The number of halogens is 1. The molecule has 0 aromatic heterocycles. The van der Waals surface area contributed by atoms with Crippen LogP contribution in [0.1, 0.15) is 42.1 Å². The van der Waals surface area contributed by atoms with Crippen LogP contribution in [0.15, 0.2) is 18.2 Å². The lowest BCUT2D eigenvalue weighted by Crippen LogP contribution is -2.51. The van der Waals surface area contributed by atoms with E-state index in [1.54, 1.807) is 17.0 Å². The lowest BCUT2D eigenvalue weighted by Gasteiger charge is -2.38. The van der Waals surface area contributed by atoms with Crippen LogP contribution in [0.25, 0.3) is 0 Å². The Morgan fingerprint density at radius 2 is 2.21 bits per heavy atom. The minimum atomic E-state index is -0.454. The summed E-state index contributed by atoms with van der Waals surface area (Å²) in [6.45, 7) is 4.43. The molecule has 19 heavy (non-hydrogen) atoms. The van der Waals surface area contributed by atoms with Crippen LogP contribution in [0.3, 0.4) is 0 Å². The summed E-state index contributed by atoms with van der Waals surface area (Å²) in [4.78, 5) is 14.3. The second-order valence-electron chi connectivity index (χ2n) is 5.40. The van der Waals surface area contributed by atoms with Gasteiger partial charge in [0.2, 0.25) is 0 Å². The van der Waals surface area contributed by atoms with E-state index in [9.17, 15) is 9.18 Å². The first-order valence-corrected chi connectivity index (χ1v) is 6.83. The zero-order valence-corrected chi connectivity index (χ0v) is 11.5. The number of nitrogens with two attached hydrogens (primary N) is 1. The fourth-order valence-electron chi connectivity index (χ4n) is 2.71. The molecule has 104 valence electrons. The maximum Gasteiger partial charge on any atom is 0.257 e. The maximum atomic E-state index is 13.8. The molecule has 0 spiro atoms. The highest BCUT2D eigenvalue weighted by atomic mass is 19.1. The average Bonchev–Trinajstić information content (AvgIpc) is 2.40. The largest absolute Gasteiger partial charge is 0.334 e. The molecule has 0 unspecified atom stereocenters. The van der Waals surface area contributed by atoms with E-state index in [4.69, 9.17) is 5.73 Å². The predicted octanol–water partition coefficient (Wildman–Crippen LogP) is 2.48. The van der Waals surface area contributed by atoms with Gasteiger partial charge in [-0.3, -0.25) is 4.79 Å². The quantitative estimate of drug-likeness (QED) is 0.892. The maximum absolute atomic E-state index is 13.8. The van der Waals surface area contributed by atoms with Crippen molar-refractivity contribution in [1.29, 1.82) is 0 Å². The third-order valence-corrected chi connectivity index (χ3v) is 3.77. The van der Waals surface area contributed by atoms with Crippen LogP contribution in [0.2, 0.25) is 0 Å². The average molecular weight is 264 g/mol. The highest BCUT2D eigenvalue weighted by molar-refractivity contribution is 5.95. The molecule has 1 aromatic carbocycles. The molecule has 1 aliphatic rings. The van der Waals surface area contributed by atoms with Gasteiger partial charge in [0.25, 0.3) is 5.91 Å². The highest BCUT2D eigenvalue weighted by Crippen LogP contribution is 2.22. The number of likely N-dealkylation sites (tertiary alicyclic amines) is 1. The second kappa shape index (κ2) is 5.70. The Morgan fingerprint density at radius 1 is 1.47 bits per heavy atom. The van der Waals surface area contributed by atoms with Crippen molar-refractivity contribution >= 4 is 5.91 Å². The van der Waals surface area contributed by atoms with Gasteiger partial charge < -0.3 is 10.6 Å². The van der Waals surface area contributed by atoms with Crippen molar-refractivity contribution in [3.05, 3.63) is 35.1 Å². The van der Waals surface area contributed by atoms with Crippen LogP contribution in [0.5, 0.6) is 0 Å². The molecule has 2 N–H and O–H groups in total. The van der Waals surface area contributed by atoms with Gasteiger partial charge in [-0.15, -0.1) is 0 Å². The van der Waals surface area contributed by atoms with Gasteiger partial charge in [-0.05, 0) is 45.2 Å². The van der Waals surface area contributed by atoms with Gasteiger partial charge in [0.05, 0.1) is 5.56 Å². The molecule has 0 aliphatic carbocycles. The van der Waals surface area contributed by atoms with Crippen molar-refractivity contribution in [3.8, 4) is 0 Å². The molecular formula is C15H21FN2O. The number of carbonyl (C=O) groups excluding carboxylic acids is 1. The summed E-state index contributed by atoms with van der Waals surface area (Å²) in [5, 5.41) is 0. The van der Waals surface area contributed by atoms with Gasteiger partial charge >= 0.3 is 0 Å². The molecule has 1 amide bonds. The molecule has 2 rings (SSSR count). The summed E-state index contributed by atoms with van der Waals surface area (Å²) in [5.41, 5.74) is 7.00. The van der Waals surface area contributed by atoms with Crippen LogP contribution in [-0.4, -0.2) is 29.4 Å². The van der Waals surface area contributed by atoms with Crippen molar-refractivity contribution in [2.24, 2.45) is 5.73 Å². The Bertz CT molecular complexity index is 473. The molecule has 1 saturated heterocycles. The van der Waals surface area contributed by atoms with Gasteiger partial charge in [-0.25, -0.2) is 4.39 Å². The molecular weight excluding hydrogens is 243 g/mol. The summed E-state index contributed by atoms with van der Waals surface area (Å²) >= 11 is 0. The Kier molecular flexibility index (Phi) is 4.20. The first-order chi connectivity index (χ1) is 9.00. The number of benzene rings is 1. The summed E-state index contributed by atoms with van der Waals surface area (Å²) in [7, 11) is 0. The Hall–Kier alpha value is -1.42. The first kappa shape index (κ1) is 14.0. The lowest BCUT2D eigenvalue weighted by atomic mass is 9.95. The molecule has 1 aliphatic heterocycles. The SMILES string of the molecule is Cc1ccc(F)c(C(=O)N2CCCC[C@@H]2[C@@H](C)N)c1. The monoisotopic (exact) mass is 264 g/mol. The number of hydrogen-bond donors (Lipinski definition) is 1. The standard InChI is InChI=1S/C15H21FN2O/c1-10-6-7-13(16)12(9-10)15(19)18-8-4-3-5-14(18)11(2)17/h6-7,9,11,14H,3-5,8,17H2,1-2H3/t11-,14-/m1/s1. The smallest absolute Gasteiger partial charge is 0.257 e. The number of piperidine rings is 1. The van der Waals surface area contributed by atoms with Crippen molar-refractivity contribution in [2.75, 3.05) is 6.54 Å². The predicted molar refractivity (Wildman–Crippen MR) is 73.5 cm³/mol. The summed E-state index contributed by atoms with van der Waals surface area (Å²) in [6, 6.07) is 4.57. The number of amides is 1. The molecule has 1 fully saturated rings. The van der Waals surface area contributed by atoms with E-state index >= 15 is 0 Å². The second-order valence-corrected chi connectivity index (χ2v) is 5.40. The Labute approximate surface area is 113 Å². The van der Waals surface area contributed by atoms with Crippen LogP contribution < -0.4 is 5.73 Å². The third-order valence-electron chi connectivity index (χ3n) is 3.77. The van der Waals surface area contributed by atoms with Gasteiger partial charge in [0, 0.05) is 18.6 Å². The fourth-order valence-corrected chi connectivity index (χ4v) is 2.71. The number of nitrogens with zero attached hydrogens (tertiary/aromatic N) is 1. The van der Waals surface area contributed by atoms with Crippen molar-refractivity contribution in [1.82, 2.24) is 4.90 Å². The summed E-state index contributed by atoms with van der Waals surface area (Å²) < 4.78 is 13.8. The van der Waals surface area contributed by atoms with E-state index in [2.05, 4.69) is 0 Å². The third kappa shape index (κ3) is 2.95. The molecule has 2 atom stereocenters. The summed E-state index contributed by atoms with van der Waals surface area (Å²) in [5.74, 6) is -0.687. The molecule has 1 heterocycles. The Balaban J connectivity index is 2.28. The van der Waals surface area contributed by atoms with Crippen LogP contribution in [-0.2, 0) is 0 Å². The lowest BCUT2D eigenvalue weighted by molar-refractivity contribution is 0.0579. The van der Waals surface area contributed by atoms with Gasteiger partial charge in [-0.2, -0.15) is 0 Å². The zero-order chi connectivity index (χ0) is 14.0. The van der Waals surface area contributed by atoms with E-state index in [-0.39, 0.29) is 23.6 Å². The highest BCUT2D eigenvalue weighted by Gasteiger charge is 2.30. The van der Waals surface area contributed by atoms with Crippen LogP contribution in [0.4, 0.5) is 4.39 Å². The number of carbonyl (C=O) groups is 1. The van der Waals surface area contributed by atoms with Crippen molar-refractivity contribution in [2.45, 2.75) is 45.2 Å². The molecule has 3 nitrogen and oxygen atoms in total. The molecule has 0 saturated carbocycles. The number of hydrogen-bond acceptors (Lipinski definition) is 2. The summed E-state index contributed by atoms with van der Waals surface area (Å²) in [6.07, 6.45) is 2.94. The topological polar surface area (TPSA) is 46.3 Å². The zero-order valence-electron chi connectivity index (χ0n) is 11.5. The van der Waals surface area contributed by atoms with Crippen LogP contribution in [0, 0.1) is 12.7 Å².